The van der Waals surface area contributed by atoms with E-state index in [4.69, 9.17) is 0 Å². The zero-order valence-electron chi connectivity index (χ0n) is 8.24. The monoisotopic (exact) mass is 241 g/mol. The van der Waals surface area contributed by atoms with Gasteiger partial charge in [0.25, 0.3) is 0 Å². The van der Waals surface area contributed by atoms with E-state index in [2.05, 4.69) is 4.98 Å². The number of aromatic nitrogens is 1. The first-order chi connectivity index (χ1) is 7.51. The quantitative estimate of drug-likeness (QED) is 0.639. The molecule has 2 heterocycles. The Morgan fingerprint density at radius 2 is 2.19 bits per heavy atom. The lowest BCUT2D eigenvalue weighted by molar-refractivity contribution is -0.314. The first kappa shape index (κ1) is 11.0. The number of carboxylic acids is 1. The first-order valence-corrected chi connectivity index (χ1v) is 6.07. The molecule has 0 saturated carbocycles. The Labute approximate surface area is 92.6 Å². The second-order valence-corrected chi connectivity index (χ2v) is 5.46. The molecule has 1 aromatic heterocycles. The third kappa shape index (κ3) is 1.79. The van der Waals surface area contributed by atoms with Gasteiger partial charge in [0.1, 0.15) is 4.90 Å². The maximum atomic E-state index is 11.9. The van der Waals surface area contributed by atoms with Crippen LogP contribution in [0.5, 0.6) is 0 Å². The fraction of sp³-hybridized carbons (Fsp3) is 0.333. The van der Waals surface area contributed by atoms with E-state index in [9.17, 15) is 18.3 Å². The van der Waals surface area contributed by atoms with E-state index in [1.807, 2.05) is 0 Å². The summed E-state index contributed by atoms with van der Waals surface area (Å²) in [4.78, 5) is 14.2. The number of carbonyl (C=O) groups excluding carboxylic acids is 1. The third-order valence-corrected chi connectivity index (χ3v) is 4.27. The molecule has 0 aliphatic carbocycles. The summed E-state index contributed by atoms with van der Waals surface area (Å²) in [5, 5.41) is 10.4. The lowest BCUT2D eigenvalue weighted by Crippen LogP contribution is -2.56. The second kappa shape index (κ2) is 3.84. The van der Waals surface area contributed by atoms with Crippen LogP contribution >= 0.6 is 0 Å². The van der Waals surface area contributed by atoms with Crippen molar-refractivity contribution in [2.24, 2.45) is 5.92 Å². The van der Waals surface area contributed by atoms with Gasteiger partial charge in [-0.05, 0) is 12.1 Å². The second-order valence-electron chi connectivity index (χ2n) is 3.53. The maximum Gasteiger partial charge on any atom is 0.244 e. The SMILES string of the molecule is O=C([O-])C1CN(S(=O)(=O)c2cccnc2)C1. The summed E-state index contributed by atoms with van der Waals surface area (Å²) in [6.45, 7) is -0.0564. The molecule has 0 N–H and O–H groups in total. The molecule has 1 aromatic rings. The van der Waals surface area contributed by atoms with Gasteiger partial charge in [-0.15, -0.1) is 0 Å². The molecular weight excluding hydrogens is 232 g/mol. The average Bonchev–Trinajstić information content (AvgIpc) is 2.15. The Kier molecular flexibility index (Phi) is 2.64. The van der Waals surface area contributed by atoms with Gasteiger partial charge in [-0.25, -0.2) is 8.42 Å². The van der Waals surface area contributed by atoms with Gasteiger partial charge < -0.3 is 9.90 Å². The summed E-state index contributed by atoms with van der Waals surface area (Å²) in [6, 6.07) is 2.94. The van der Waals surface area contributed by atoms with Gasteiger partial charge in [-0.1, -0.05) is 0 Å². The summed E-state index contributed by atoms with van der Waals surface area (Å²) in [5.41, 5.74) is 0. The van der Waals surface area contributed by atoms with Crippen LogP contribution < -0.4 is 5.11 Å². The Morgan fingerprint density at radius 3 is 2.69 bits per heavy atom. The average molecular weight is 241 g/mol. The van der Waals surface area contributed by atoms with E-state index in [1.165, 1.54) is 24.5 Å². The van der Waals surface area contributed by atoms with E-state index in [-0.39, 0.29) is 18.0 Å². The molecule has 1 fully saturated rings. The van der Waals surface area contributed by atoms with Crippen LogP contribution in [-0.2, 0) is 14.8 Å². The van der Waals surface area contributed by atoms with Gasteiger partial charge in [0, 0.05) is 37.4 Å². The molecule has 6 nitrogen and oxygen atoms in total. The number of pyridine rings is 1. The van der Waals surface area contributed by atoms with E-state index in [1.54, 1.807) is 0 Å². The van der Waals surface area contributed by atoms with Crippen LogP contribution in [0.3, 0.4) is 0 Å². The number of hydrogen-bond acceptors (Lipinski definition) is 5. The predicted molar refractivity (Wildman–Crippen MR) is 51.5 cm³/mol. The Morgan fingerprint density at radius 1 is 1.50 bits per heavy atom. The standard InChI is InChI=1S/C9H10N2O4S/c12-9(13)7-5-11(6-7)16(14,15)8-2-1-3-10-4-8/h1-4,7H,5-6H2,(H,12,13)/p-1. The van der Waals surface area contributed by atoms with Crippen molar-refractivity contribution in [2.45, 2.75) is 4.90 Å². The molecule has 7 heteroatoms. The van der Waals surface area contributed by atoms with Crippen molar-refractivity contribution < 1.29 is 18.3 Å². The van der Waals surface area contributed by atoms with E-state index >= 15 is 0 Å². The third-order valence-electron chi connectivity index (χ3n) is 2.45. The van der Waals surface area contributed by atoms with Crippen LogP contribution in [0.15, 0.2) is 29.4 Å². The van der Waals surface area contributed by atoms with Crippen LogP contribution in [0.2, 0.25) is 0 Å². The number of sulfonamides is 1. The minimum absolute atomic E-state index is 0.0282. The van der Waals surface area contributed by atoms with Gasteiger partial charge >= 0.3 is 0 Å². The van der Waals surface area contributed by atoms with Crippen molar-refractivity contribution in [1.29, 1.82) is 0 Å². The summed E-state index contributed by atoms with van der Waals surface area (Å²) < 4.78 is 24.8. The topological polar surface area (TPSA) is 90.4 Å². The van der Waals surface area contributed by atoms with E-state index in [0.717, 1.165) is 4.31 Å². The number of carboxylic acid groups (broad SMARTS) is 1. The lowest BCUT2D eigenvalue weighted by atomic mass is 10.0. The minimum atomic E-state index is -3.59. The summed E-state index contributed by atoms with van der Waals surface area (Å²) in [5.74, 6) is -1.91. The first-order valence-electron chi connectivity index (χ1n) is 4.63. The van der Waals surface area contributed by atoms with Crippen molar-refractivity contribution in [3.8, 4) is 0 Å². The molecule has 0 bridgehead atoms. The molecule has 0 radical (unpaired) electrons. The highest BCUT2D eigenvalue weighted by Gasteiger charge is 2.37. The lowest BCUT2D eigenvalue weighted by Gasteiger charge is -2.38. The van der Waals surface area contributed by atoms with Crippen molar-refractivity contribution in [2.75, 3.05) is 13.1 Å². The maximum absolute atomic E-state index is 11.9. The molecule has 1 aliphatic heterocycles. The van der Waals surface area contributed by atoms with E-state index in [0.29, 0.717) is 0 Å². The normalized spacial score (nSPS) is 18.0. The van der Waals surface area contributed by atoms with Gasteiger partial charge in [0.05, 0.1) is 0 Å². The van der Waals surface area contributed by atoms with Crippen molar-refractivity contribution >= 4 is 16.0 Å². The summed E-state index contributed by atoms with van der Waals surface area (Å²) >= 11 is 0. The number of rotatable bonds is 3. The van der Waals surface area contributed by atoms with Crippen molar-refractivity contribution in [1.82, 2.24) is 9.29 Å². The highest BCUT2D eigenvalue weighted by molar-refractivity contribution is 7.89. The van der Waals surface area contributed by atoms with Gasteiger partial charge in [0.2, 0.25) is 10.0 Å². The van der Waals surface area contributed by atoms with Crippen LogP contribution in [0.1, 0.15) is 0 Å². The highest BCUT2D eigenvalue weighted by atomic mass is 32.2. The summed E-state index contributed by atoms with van der Waals surface area (Å²) in [6.07, 6.45) is 2.71. The molecule has 1 saturated heterocycles. The number of nitrogens with zero attached hydrogens (tertiary/aromatic N) is 2. The Balaban J connectivity index is 2.15. The van der Waals surface area contributed by atoms with Crippen LogP contribution in [0.4, 0.5) is 0 Å². The molecule has 2 rings (SSSR count). The number of aliphatic carboxylic acids is 1. The molecule has 0 spiro atoms. The summed E-state index contributed by atoms with van der Waals surface area (Å²) in [7, 11) is -3.59. The van der Waals surface area contributed by atoms with Gasteiger partial charge in [-0.3, -0.25) is 4.98 Å². The van der Waals surface area contributed by atoms with E-state index < -0.39 is 21.9 Å². The van der Waals surface area contributed by atoms with Crippen molar-refractivity contribution in [3.63, 3.8) is 0 Å². The molecule has 0 atom stereocenters. The molecule has 16 heavy (non-hydrogen) atoms. The van der Waals surface area contributed by atoms with Crippen LogP contribution in [0.25, 0.3) is 0 Å². The number of hydrogen-bond donors (Lipinski definition) is 0. The fourth-order valence-corrected chi connectivity index (χ4v) is 2.93. The molecule has 1 aliphatic rings. The molecule has 86 valence electrons. The van der Waals surface area contributed by atoms with Gasteiger partial charge in [-0.2, -0.15) is 4.31 Å². The van der Waals surface area contributed by atoms with Crippen LogP contribution in [0, 0.1) is 5.92 Å². The molecule has 0 unspecified atom stereocenters. The molecule has 0 aromatic carbocycles. The Hall–Kier alpha value is -1.47. The predicted octanol–water partition coefficient (Wildman–Crippen LogP) is -1.55. The minimum Gasteiger partial charge on any atom is -0.550 e. The fourth-order valence-electron chi connectivity index (χ4n) is 1.43. The highest BCUT2D eigenvalue weighted by Crippen LogP contribution is 2.23. The zero-order valence-corrected chi connectivity index (χ0v) is 9.05. The molecular formula is C9H9N2O4S-. The Bertz CT molecular complexity index is 494. The van der Waals surface area contributed by atoms with Crippen molar-refractivity contribution in [3.05, 3.63) is 24.5 Å². The van der Waals surface area contributed by atoms with Gasteiger partial charge in [0.15, 0.2) is 0 Å². The smallest absolute Gasteiger partial charge is 0.244 e. The molecule has 0 amide bonds. The number of carbonyl (C=O) groups is 1. The van der Waals surface area contributed by atoms with Crippen LogP contribution in [-0.4, -0.2) is 36.8 Å². The largest absolute Gasteiger partial charge is 0.550 e. The zero-order chi connectivity index (χ0) is 11.8.